The monoisotopic (exact) mass is 380 g/mol. The van der Waals surface area contributed by atoms with Gasteiger partial charge in [-0.15, -0.1) is 0 Å². The second kappa shape index (κ2) is 6.78. The highest BCUT2D eigenvalue weighted by Crippen LogP contribution is 2.39. The normalized spacial score (nSPS) is 20.0. The molecular weight excluding hydrogens is 351 g/mol. The van der Waals surface area contributed by atoms with Crippen molar-refractivity contribution in [2.24, 2.45) is 5.92 Å². The number of halogens is 1. The summed E-state index contributed by atoms with van der Waals surface area (Å²) in [6, 6.07) is 0. The first-order valence-corrected chi connectivity index (χ1v) is 11.3. The zero-order valence-corrected chi connectivity index (χ0v) is 15.8. The predicted octanol–water partition coefficient (Wildman–Crippen LogP) is 6.26. The third-order valence-corrected chi connectivity index (χ3v) is 9.91. The van der Waals surface area contributed by atoms with Crippen molar-refractivity contribution in [3.8, 4) is 0 Å². The summed E-state index contributed by atoms with van der Waals surface area (Å²) in [6.07, 6.45) is 10.7. The summed E-state index contributed by atoms with van der Waals surface area (Å²) >= 11 is 2.38. The van der Waals surface area contributed by atoms with Gasteiger partial charge < -0.3 is 4.43 Å². The van der Waals surface area contributed by atoms with E-state index < -0.39 is 8.32 Å². The molecule has 0 spiro atoms. The van der Waals surface area contributed by atoms with Gasteiger partial charge in [0.2, 0.25) is 0 Å². The third kappa shape index (κ3) is 5.23. The van der Waals surface area contributed by atoms with E-state index in [9.17, 15) is 0 Å². The van der Waals surface area contributed by atoms with E-state index in [1.165, 1.54) is 38.5 Å². The Kier molecular flexibility index (Phi) is 6.23. The maximum atomic E-state index is 6.28. The number of hydrogen-bond acceptors (Lipinski definition) is 1. The van der Waals surface area contributed by atoms with Crippen LogP contribution in [0.5, 0.6) is 0 Å². The number of allylic oxidation sites excluding steroid dienone is 1. The largest absolute Gasteiger partial charge is 0.540 e. The van der Waals surface area contributed by atoms with Crippen molar-refractivity contribution in [2.45, 2.75) is 77.4 Å². The van der Waals surface area contributed by atoms with Crippen LogP contribution in [0, 0.1) is 5.92 Å². The maximum absolute atomic E-state index is 6.28. The van der Waals surface area contributed by atoms with Gasteiger partial charge in [0, 0.05) is 0 Å². The zero-order chi connectivity index (χ0) is 13.8. The van der Waals surface area contributed by atoms with Crippen molar-refractivity contribution in [2.75, 3.05) is 0 Å². The molecule has 1 aliphatic carbocycles. The van der Waals surface area contributed by atoms with Crippen molar-refractivity contribution in [1.29, 1.82) is 0 Å². The van der Waals surface area contributed by atoms with Crippen LogP contribution in [0.1, 0.15) is 59.3 Å². The summed E-state index contributed by atoms with van der Waals surface area (Å²) in [7, 11) is -1.63. The van der Waals surface area contributed by atoms with Crippen molar-refractivity contribution in [3.63, 3.8) is 0 Å². The fourth-order valence-corrected chi connectivity index (χ4v) is 4.90. The fourth-order valence-electron chi connectivity index (χ4n) is 2.12. The first kappa shape index (κ1) is 16.5. The lowest BCUT2D eigenvalue weighted by molar-refractivity contribution is 0.356. The lowest BCUT2D eigenvalue weighted by Crippen LogP contribution is -2.39. The molecule has 0 aromatic rings. The van der Waals surface area contributed by atoms with Crippen LogP contribution in [-0.2, 0) is 4.43 Å². The van der Waals surface area contributed by atoms with E-state index in [0.29, 0.717) is 5.04 Å². The second-order valence-corrected chi connectivity index (χ2v) is 12.9. The standard InChI is InChI=1S/C15H29IOSi/c1-15(2,3)18(4,5)17-14(16)12-11-13-9-7-6-8-10-13/h12-13H,6-11H2,1-5H3/b14-12-. The zero-order valence-electron chi connectivity index (χ0n) is 12.7. The van der Waals surface area contributed by atoms with Crippen molar-refractivity contribution < 1.29 is 4.43 Å². The summed E-state index contributed by atoms with van der Waals surface area (Å²) in [5.74, 6) is 0.909. The van der Waals surface area contributed by atoms with Crippen LogP contribution in [0.2, 0.25) is 18.1 Å². The maximum Gasteiger partial charge on any atom is 0.251 e. The van der Waals surface area contributed by atoms with Crippen LogP contribution in [0.25, 0.3) is 0 Å². The molecule has 1 rings (SSSR count). The van der Waals surface area contributed by atoms with Crippen LogP contribution in [0.3, 0.4) is 0 Å². The van der Waals surface area contributed by atoms with E-state index in [-0.39, 0.29) is 0 Å². The molecular formula is C15H29IOSi. The van der Waals surface area contributed by atoms with E-state index in [1.54, 1.807) is 0 Å². The Morgan fingerprint density at radius 2 is 1.78 bits per heavy atom. The SMILES string of the molecule is CC(C)(C)[Si](C)(C)O/C(I)=C\CC1CCCCC1. The Hall–Kier alpha value is 0.487. The molecule has 0 bridgehead atoms. The molecule has 0 heterocycles. The van der Waals surface area contributed by atoms with Crippen LogP contribution >= 0.6 is 22.6 Å². The fraction of sp³-hybridized carbons (Fsp3) is 0.867. The van der Waals surface area contributed by atoms with Crippen molar-refractivity contribution >= 4 is 30.9 Å². The quantitative estimate of drug-likeness (QED) is 0.318. The van der Waals surface area contributed by atoms with Gasteiger partial charge in [0.25, 0.3) is 8.32 Å². The summed E-state index contributed by atoms with van der Waals surface area (Å²) < 4.78 is 7.41. The Balaban J connectivity index is 2.46. The van der Waals surface area contributed by atoms with Crippen molar-refractivity contribution in [1.82, 2.24) is 0 Å². The molecule has 0 aromatic carbocycles. The van der Waals surface area contributed by atoms with Crippen molar-refractivity contribution in [3.05, 3.63) is 9.84 Å². The average Bonchev–Trinajstić information content (AvgIpc) is 2.26. The molecule has 0 N–H and O–H groups in total. The Bertz CT molecular complexity index is 285. The van der Waals surface area contributed by atoms with Gasteiger partial charge in [0.1, 0.15) is 3.77 Å². The highest BCUT2D eigenvalue weighted by atomic mass is 127. The first-order valence-electron chi connectivity index (χ1n) is 7.27. The van der Waals surface area contributed by atoms with E-state index in [0.717, 1.165) is 9.68 Å². The van der Waals surface area contributed by atoms with Crippen LogP contribution in [0.15, 0.2) is 9.84 Å². The lowest BCUT2D eigenvalue weighted by atomic mass is 9.87. The Labute approximate surface area is 128 Å². The summed E-state index contributed by atoms with van der Waals surface area (Å²) in [4.78, 5) is 0. The van der Waals surface area contributed by atoms with E-state index in [2.05, 4.69) is 62.5 Å². The highest BCUT2D eigenvalue weighted by Gasteiger charge is 2.39. The number of hydrogen-bond donors (Lipinski definition) is 0. The highest BCUT2D eigenvalue weighted by molar-refractivity contribution is 14.1. The van der Waals surface area contributed by atoms with Gasteiger partial charge in [-0.3, -0.25) is 0 Å². The van der Waals surface area contributed by atoms with E-state index in [4.69, 9.17) is 4.43 Å². The molecule has 0 radical (unpaired) electrons. The summed E-state index contributed by atoms with van der Waals surface area (Å²) in [6.45, 7) is 11.5. The van der Waals surface area contributed by atoms with E-state index in [1.807, 2.05) is 0 Å². The van der Waals surface area contributed by atoms with Gasteiger partial charge in [-0.05, 0) is 59.1 Å². The minimum absolute atomic E-state index is 0.294. The Morgan fingerprint density at radius 3 is 2.28 bits per heavy atom. The lowest BCUT2D eigenvalue weighted by Gasteiger charge is -2.36. The summed E-state index contributed by atoms with van der Waals surface area (Å²) in [5, 5.41) is 0.294. The van der Waals surface area contributed by atoms with Gasteiger partial charge >= 0.3 is 0 Å². The van der Waals surface area contributed by atoms with Crippen LogP contribution < -0.4 is 0 Å². The third-order valence-electron chi connectivity index (χ3n) is 4.50. The minimum atomic E-state index is -1.63. The summed E-state index contributed by atoms with van der Waals surface area (Å²) in [5.41, 5.74) is 0. The molecule has 1 nitrogen and oxygen atoms in total. The van der Waals surface area contributed by atoms with E-state index >= 15 is 0 Å². The second-order valence-electron chi connectivity index (χ2n) is 7.11. The molecule has 0 amide bonds. The molecule has 1 fully saturated rings. The van der Waals surface area contributed by atoms with Gasteiger partial charge in [-0.25, -0.2) is 0 Å². The van der Waals surface area contributed by atoms with Gasteiger partial charge in [0.15, 0.2) is 0 Å². The molecule has 0 atom stereocenters. The molecule has 0 aliphatic heterocycles. The average molecular weight is 380 g/mol. The molecule has 1 saturated carbocycles. The molecule has 3 heteroatoms. The molecule has 1 aliphatic rings. The topological polar surface area (TPSA) is 9.23 Å². The molecule has 0 saturated heterocycles. The minimum Gasteiger partial charge on any atom is -0.540 e. The number of rotatable bonds is 4. The molecule has 0 unspecified atom stereocenters. The van der Waals surface area contributed by atoms with Crippen LogP contribution in [0.4, 0.5) is 0 Å². The molecule has 18 heavy (non-hydrogen) atoms. The molecule has 0 aromatic heterocycles. The van der Waals surface area contributed by atoms with Gasteiger partial charge in [-0.1, -0.05) is 52.9 Å². The van der Waals surface area contributed by atoms with Crippen LogP contribution in [-0.4, -0.2) is 8.32 Å². The first-order chi connectivity index (χ1) is 8.22. The Morgan fingerprint density at radius 1 is 1.22 bits per heavy atom. The smallest absolute Gasteiger partial charge is 0.251 e. The predicted molar refractivity (Wildman–Crippen MR) is 91.6 cm³/mol. The van der Waals surface area contributed by atoms with Gasteiger partial charge in [0.05, 0.1) is 0 Å². The molecule has 106 valence electrons. The van der Waals surface area contributed by atoms with Gasteiger partial charge in [-0.2, -0.15) is 0 Å².